The lowest BCUT2D eigenvalue weighted by atomic mass is 9.82. The number of hydrogen-bond donors (Lipinski definition) is 0. The molecule has 0 aliphatic carbocycles. The summed E-state index contributed by atoms with van der Waals surface area (Å²) in [7, 11) is -2.63. The lowest BCUT2D eigenvalue weighted by Gasteiger charge is -2.33. The van der Waals surface area contributed by atoms with Crippen LogP contribution in [0.4, 0.5) is 26.3 Å². The zero-order valence-electron chi connectivity index (χ0n) is 67.9. The maximum absolute atomic E-state index is 11.6. The van der Waals surface area contributed by atoms with Crippen molar-refractivity contribution >= 4 is 16.6 Å². The third kappa shape index (κ3) is 94.5. The van der Waals surface area contributed by atoms with Crippen molar-refractivity contribution in [3.05, 3.63) is 107 Å². The van der Waals surface area contributed by atoms with E-state index in [2.05, 4.69) is 331 Å². The summed E-state index contributed by atoms with van der Waals surface area (Å²) in [6.45, 7) is 90.9. The molecule has 536 valence electrons. The van der Waals surface area contributed by atoms with Crippen LogP contribution < -0.4 is 0 Å². The Morgan fingerprint density at radius 2 is 0.416 bits per heavy atom. The van der Waals surface area contributed by atoms with Gasteiger partial charge in [-0.1, -0.05) is 373 Å². The molecule has 0 saturated heterocycles. The first kappa shape index (κ1) is 108. The fourth-order valence-electron chi connectivity index (χ4n) is 5.54. The highest BCUT2D eigenvalue weighted by Crippen LogP contribution is 2.49. The quantitative estimate of drug-likeness (QED) is 0.177. The Morgan fingerprint density at radius 1 is 0.303 bits per heavy atom. The zero-order valence-corrected chi connectivity index (χ0v) is 69.9. The van der Waals surface area contributed by atoms with Crippen LogP contribution in [0, 0.1) is 34.0 Å². The second kappa shape index (κ2) is 53.9. The van der Waals surface area contributed by atoms with Crippen LogP contribution in [0.1, 0.15) is 324 Å². The van der Waals surface area contributed by atoms with Crippen LogP contribution in [0.2, 0.25) is 38.3 Å². The number of benzene rings is 3. The minimum Gasteiger partial charge on any atom is -0.455 e. The Hall–Kier alpha value is -2.37. The average molecular weight is 1310 g/mol. The van der Waals surface area contributed by atoms with Crippen LogP contribution in [0.15, 0.2) is 84.9 Å². The Labute approximate surface area is 559 Å². The van der Waals surface area contributed by atoms with Crippen LogP contribution in [0.5, 0.6) is 0 Å². The summed E-state index contributed by atoms with van der Waals surface area (Å²) < 4.78 is 76.0. The molecule has 3 aromatic rings. The summed E-state index contributed by atoms with van der Waals surface area (Å²) in [5.41, 5.74) is 4.05. The van der Waals surface area contributed by atoms with Crippen LogP contribution in [-0.2, 0) is 25.8 Å². The van der Waals surface area contributed by atoms with Crippen LogP contribution in [0.3, 0.4) is 0 Å². The third-order valence-electron chi connectivity index (χ3n) is 9.57. The van der Waals surface area contributed by atoms with Gasteiger partial charge in [-0.25, -0.2) is 0 Å². The highest BCUT2D eigenvalue weighted by atomic mass is 28.4. The minimum atomic E-state index is -5.24. The largest absolute Gasteiger partial charge is 0.455 e. The predicted molar refractivity (Wildman–Crippen MR) is 406 cm³/mol. The lowest BCUT2D eigenvalue weighted by Crippen LogP contribution is -2.44. The van der Waals surface area contributed by atoms with Gasteiger partial charge < -0.3 is 4.12 Å². The molecule has 0 spiro atoms. The molecule has 0 saturated carbocycles. The maximum atomic E-state index is 11.6. The Kier molecular flexibility index (Phi) is 65.6. The third-order valence-corrected chi connectivity index (χ3v) is 17.4. The summed E-state index contributed by atoms with van der Waals surface area (Å²) in [5, 5.41) is 0. The molecule has 0 radical (unpaired) electrons. The van der Waals surface area contributed by atoms with E-state index in [1.165, 1.54) is 66.4 Å². The summed E-state index contributed by atoms with van der Waals surface area (Å²) >= 11 is 0. The number of halogens is 6. The molecule has 0 heterocycles. The molecule has 0 aromatic heterocycles. The molecule has 0 fully saturated rings. The van der Waals surface area contributed by atoms with Crippen LogP contribution in [0.25, 0.3) is 0 Å². The topological polar surface area (TPSA) is 9.23 Å². The van der Waals surface area contributed by atoms with Gasteiger partial charge in [0.25, 0.3) is 0 Å². The Bertz CT molecular complexity index is 1660. The van der Waals surface area contributed by atoms with E-state index >= 15 is 0 Å². The van der Waals surface area contributed by atoms with Crippen LogP contribution in [-0.4, -0.2) is 29.0 Å². The standard InChI is InChI=1S/2C14H22.C10H26OSi2.C6H6.C5H6F6.2C5H12.3C4H10.3C3H8/c2*1-13(2,3)11-7-9-12(10-8-11)14(4,5)6;1-7-9-12(3,4)11-13(5,6)10-8-2;1-2-4-6-5-3-1;1-3(2,4(6,7)8)5(9,10)11;2*1-5(2,3)4;3*1-4(2)3;3*1-3-2/h2*7-10H,1-6H3;7-10H2,1-6H3;1-6H;1-2H3;2*1-4H3;3*4H,1-3H3;3*3H2,1-2H3. The minimum absolute atomic E-state index is 0.104. The van der Waals surface area contributed by atoms with Gasteiger partial charge in [-0.05, 0) is 125 Å². The van der Waals surface area contributed by atoms with Crippen molar-refractivity contribution < 1.29 is 30.5 Å². The van der Waals surface area contributed by atoms with E-state index in [0.29, 0.717) is 10.8 Å². The highest BCUT2D eigenvalue weighted by Gasteiger charge is 2.64. The van der Waals surface area contributed by atoms with Gasteiger partial charge in [0.2, 0.25) is 0 Å². The first-order chi connectivity index (χ1) is 39.2. The smallest absolute Gasteiger partial charge is 0.402 e. The second-order valence-electron chi connectivity index (χ2n) is 34.4. The number of rotatable bonds is 6. The van der Waals surface area contributed by atoms with Crippen LogP contribution >= 0.6 is 0 Å². The van der Waals surface area contributed by atoms with E-state index < -0.39 is 34.4 Å². The van der Waals surface area contributed by atoms with E-state index in [-0.39, 0.29) is 35.5 Å². The van der Waals surface area contributed by atoms with E-state index in [1.807, 2.05) is 36.4 Å². The van der Waals surface area contributed by atoms with Gasteiger partial charge in [0, 0.05) is 0 Å². The first-order valence-electron chi connectivity index (χ1n) is 34.2. The maximum Gasteiger partial charge on any atom is 0.402 e. The molecule has 3 aromatic carbocycles. The van der Waals surface area contributed by atoms with Crippen molar-refractivity contribution in [1.29, 1.82) is 0 Å². The van der Waals surface area contributed by atoms with Gasteiger partial charge in [0.05, 0.1) is 0 Å². The molecule has 0 bridgehead atoms. The molecule has 0 N–H and O–H groups in total. The molecule has 0 atom stereocenters. The predicted octanol–water partition coefficient (Wildman–Crippen LogP) is 31.0. The second-order valence-corrected chi connectivity index (χ2v) is 43.2. The van der Waals surface area contributed by atoms with Crippen molar-refractivity contribution in [2.45, 2.75) is 374 Å². The zero-order chi connectivity index (χ0) is 74.1. The van der Waals surface area contributed by atoms with Gasteiger partial charge >= 0.3 is 12.4 Å². The number of hydrogen-bond acceptors (Lipinski definition) is 1. The van der Waals surface area contributed by atoms with E-state index in [4.69, 9.17) is 4.12 Å². The molecular formula is C80H160F6OSi2. The Balaban J connectivity index is -0.0000000990. The SMILES string of the molecule is CC(C)(C(F)(F)F)C(F)(F)F.CC(C)(C)C.CC(C)(C)C.CC(C)(C)c1ccc(C(C)(C)C)cc1.CC(C)(C)c1ccc(C(C)(C)C)cc1.CC(C)C.CC(C)C.CC(C)C.CCC.CCC.CCC.CCC[Si](C)(C)O[Si](C)(C)CCC.c1ccccc1. The summed E-state index contributed by atoms with van der Waals surface area (Å²) in [6.07, 6.45) is -4.19. The van der Waals surface area contributed by atoms with Gasteiger partial charge in [-0.15, -0.1) is 0 Å². The molecule has 9 heteroatoms. The molecule has 0 aliphatic rings. The van der Waals surface area contributed by atoms with Crippen molar-refractivity contribution in [2.24, 2.45) is 34.0 Å². The summed E-state index contributed by atoms with van der Waals surface area (Å²) in [6, 6.07) is 32.6. The van der Waals surface area contributed by atoms with Gasteiger partial charge in [-0.3, -0.25) is 0 Å². The van der Waals surface area contributed by atoms with E-state index in [0.717, 1.165) is 17.8 Å². The normalized spacial score (nSPS) is 11.6. The average Bonchev–Trinajstić information content (AvgIpc) is 3.27. The summed E-state index contributed by atoms with van der Waals surface area (Å²) in [5.74, 6) is 2.50. The van der Waals surface area contributed by atoms with Gasteiger partial charge in [0.1, 0.15) is 0 Å². The monoisotopic (exact) mass is 1310 g/mol. The van der Waals surface area contributed by atoms with Gasteiger partial charge in [0.15, 0.2) is 22.0 Å². The number of alkyl halides is 6. The van der Waals surface area contributed by atoms with E-state index in [9.17, 15) is 26.3 Å². The van der Waals surface area contributed by atoms with Crippen molar-refractivity contribution in [3.8, 4) is 0 Å². The Morgan fingerprint density at radius 3 is 0.483 bits per heavy atom. The molecule has 1 nitrogen and oxygen atoms in total. The van der Waals surface area contributed by atoms with Crippen molar-refractivity contribution in [1.82, 2.24) is 0 Å². The molecule has 0 aliphatic heterocycles. The molecule has 3 rings (SSSR count). The molecule has 0 unspecified atom stereocenters. The van der Waals surface area contributed by atoms with Crippen molar-refractivity contribution in [3.63, 3.8) is 0 Å². The van der Waals surface area contributed by atoms with Crippen molar-refractivity contribution in [2.75, 3.05) is 0 Å². The fourth-order valence-corrected chi connectivity index (χ4v) is 14.7. The van der Waals surface area contributed by atoms with E-state index in [1.54, 1.807) is 0 Å². The highest BCUT2D eigenvalue weighted by molar-refractivity contribution is 6.84. The molecular weight excluding hydrogens is 1150 g/mol. The lowest BCUT2D eigenvalue weighted by molar-refractivity contribution is -0.327. The summed E-state index contributed by atoms with van der Waals surface area (Å²) in [4.78, 5) is 0. The fraction of sp³-hybridized carbons (Fsp3) is 0.775. The molecule has 0 amide bonds. The molecule has 89 heavy (non-hydrogen) atoms. The first-order valence-corrected chi connectivity index (χ1v) is 40.5. The van der Waals surface area contributed by atoms with Gasteiger partial charge in [-0.2, -0.15) is 26.3 Å².